The molecule has 1 aliphatic heterocycles. The Bertz CT molecular complexity index is 1310. The van der Waals surface area contributed by atoms with Crippen LogP contribution in [0.25, 0.3) is 5.69 Å². The van der Waals surface area contributed by atoms with Crippen LogP contribution in [0.3, 0.4) is 0 Å². The molecule has 14 nitrogen and oxygen atoms in total. The molecule has 0 aromatic carbocycles. The average Bonchev–Trinajstić information content (AvgIpc) is 3.59. The van der Waals surface area contributed by atoms with Crippen LogP contribution in [0.2, 0.25) is 5.02 Å². The molecule has 0 spiro atoms. The molecule has 4 heterocycles. The van der Waals surface area contributed by atoms with Crippen LogP contribution in [0.4, 0.5) is 5.95 Å². The van der Waals surface area contributed by atoms with Gasteiger partial charge in [-0.05, 0) is 19.8 Å². The maximum atomic E-state index is 13.7. The van der Waals surface area contributed by atoms with Crippen molar-refractivity contribution in [2.75, 3.05) is 38.8 Å². The number of anilines is 1. The highest BCUT2D eigenvalue weighted by Gasteiger charge is 2.36. The van der Waals surface area contributed by atoms with Gasteiger partial charge in [-0.2, -0.15) is 9.97 Å². The molecule has 1 aliphatic rings. The number of halogens is 1. The van der Waals surface area contributed by atoms with E-state index in [9.17, 15) is 8.42 Å². The van der Waals surface area contributed by atoms with E-state index in [4.69, 9.17) is 30.5 Å². The lowest BCUT2D eigenvalue weighted by Gasteiger charge is -2.24. The average molecular weight is 569 g/mol. The van der Waals surface area contributed by atoms with Crippen molar-refractivity contribution < 1.29 is 27.4 Å². The zero-order valence-electron chi connectivity index (χ0n) is 21.4. The summed E-state index contributed by atoms with van der Waals surface area (Å²) in [6.45, 7) is 4.64. The van der Waals surface area contributed by atoms with Crippen LogP contribution in [0.15, 0.2) is 18.7 Å². The number of nitrogens with one attached hydrogen (secondary N) is 1. The standard InChI is InChI=1S/C22H29ClN8O6S/c1-5-7-37-17(18-24-9-15(23)10-25-18)13(2)38(32,33)30-22-29-28-19(14-6-8-36-11-14)31(22)16-20(34-3)26-12-27-21(16)35-4/h9-10,12-14,17H,5-8,11H2,1-4H3,(H,29,30)/t13-,14+,17+/m0/s1. The van der Waals surface area contributed by atoms with E-state index in [0.717, 1.165) is 0 Å². The number of sulfonamides is 1. The van der Waals surface area contributed by atoms with Gasteiger partial charge in [-0.3, -0.25) is 9.29 Å². The molecule has 0 radical (unpaired) electrons. The molecule has 3 aromatic heterocycles. The smallest absolute Gasteiger partial charge is 0.245 e. The highest BCUT2D eigenvalue weighted by atomic mass is 35.5. The Kier molecular flexibility index (Phi) is 8.91. The number of nitrogens with zero attached hydrogens (tertiary/aromatic N) is 7. The highest BCUT2D eigenvalue weighted by Crippen LogP contribution is 2.36. The van der Waals surface area contributed by atoms with Crippen molar-refractivity contribution in [1.29, 1.82) is 0 Å². The van der Waals surface area contributed by atoms with Crippen LogP contribution < -0.4 is 14.2 Å². The van der Waals surface area contributed by atoms with Gasteiger partial charge in [-0.25, -0.2) is 18.4 Å². The predicted molar refractivity (Wildman–Crippen MR) is 136 cm³/mol. The fourth-order valence-corrected chi connectivity index (χ4v) is 5.14. The van der Waals surface area contributed by atoms with E-state index in [1.807, 2.05) is 6.92 Å². The Morgan fingerprint density at radius 3 is 2.42 bits per heavy atom. The van der Waals surface area contributed by atoms with Crippen LogP contribution >= 0.6 is 11.6 Å². The molecule has 1 saturated heterocycles. The van der Waals surface area contributed by atoms with Gasteiger partial charge >= 0.3 is 0 Å². The van der Waals surface area contributed by atoms with Gasteiger partial charge < -0.3 is 18.9 Å². The predicted octanol–water partition coefficient (Wildman–Crippen LogP) is 2.32. The van der Waals surface area contributed by atoms with Gasteiger partial charge in [-0.15, -0.1) is 10.2 Å². The fourth-order valence-electron chi connectivity index (χ4n) is 3.94. The number of hydrogen-bond acceptors (Lipinski definition) is 12. The lowest BCUT2D eigenvalue weighted by atomic mass is 10.1. The van der Waals surface area contributed by atoms with Crippen molar-refractivity contribution in [3.05, 3.63) is 35.4 Å². The quantitative estimate of drug-likeness (QED) is 0.339. The SMILES string of the molecule is CCCO[C@@H](c1ncc(Cl)cn1)[C@H](C)S(=O)(=O)Nc1nnc([C@@H]2CCOC2)n1-c1c(OC)ncnc1OC. The molecule has 0 aliphatic carbocycles. The summed E-state index contributed by atoms with van der Waals surface area (Å²) in [4.78, 5) is 16.7. The molecular formula is C22H29ClN8O6S. The van der Waals surface area contributed by atoms with E-state index in [2.05, 4.69) is 34.9 Å². The van der Waals surface area contributed by atoms with Gasteiger partial charge in [0.25, 0.3) is 0 Å². The summed E-state index contributed by atoms with van der Waals surface area (Å²) in [6, 6.07) is 0. The minimum absolute atomic E-state index is 0.101. The first-order valence-electron chi connectivity index (χ1n) is 11.9. The fraction of sp³-hybridized carbons (Fsp3) is 0.545. The summed E-state index contributed by atoms with van der Waals surface area (Å²) in [6.07, 6.45) is 4.41. The molecule has 1 N–H and O–H groups in total. The lowest BCUT2D eigenvalue weighted by Crippen LogP contribution is -2.34. The highest BCUT2D eigenvalue weighted by molar-refractivity contribution is 7.93. The third kappa shape index (κ3) is 5.80. The number of aromatic nitrogens is 7. The summed E-state index contributed by atoms with van der Waals surface area (Å²) >= 11 is 5.92. The van der Waals surface area contributed by atoms with Crippen molar-refractivity contribution in [3.63, 3.8) is 0 Å². The second kappa shape index (κ2) is 12.1. The summed E-state index contributed by atoms with van der Waals surface area (Å²) in [5.41, 5.74) is 0.245. The Morgan fingerprint density at radius 2 is 1.84 bits per heavy atom. The van der Waals surface area contributed by atoms with Gasteiger partial charge in [0.15, 0.2) is 11.5 Å². The molecular weight excluding hydrogens is 540 g/mol. The molecule has 1 fully saturated rings. The van der Waals surface area contributed by atoms with Gasteiger partial charge in [0.2, 0.25) is 27.7 Å². The number of rotatable bonds is 12. The lowest BCUT2D eigenvalue weighted by molar-refractivity contribution is 0.0466. The van der Waals surface area contributed by atoms with E-state index in [1.54, 1.807) is 0 Å². The Balaban J connectivity index is 1.77. The first-order chi connectivity index (χ1) is 18.3. The van der Waals surface area contributed by atoms with Crippen molar-refractivity contribution in [2.24, 2.45) is 0 Å². The van der Waals surface area contributed by atoms with E-state index >= 15 is 0 Å². The number of hydrogen-bond donors (Lipinski definition) is 1. The summed E-state index contributed by atoms with van der Waals surface area (Å²) in [5.74, 6) is 0.658. The monoisotopic (exact) mass is 568 g/mol. The number of methoxy groups -OCH3 is 2. The van der Waals surface area contributed by atoms with Gasteiger partial charge in [0.05, 0.1) is 25.8 Å². The topological polar surface area (TPSA) is 165 Å². The van der Waals surface area contributed by atoms with Gasteiger partial charge in [0.1, 0.15) is 23.5 Å². The largest absolute Gasteiger partial charge is 0.479 e. The van der Waals surface area contributed by atoms with Crippen LogP contribution in [0.5, 0.6) is 11.8 Å². The molecule has 4 rings (SSSR count). The Labute approximate surface area is 225 Å². The minimum Gasteiger partial charge on any atom is -0.479 e. The molecule has 38 heavy (non-hydrogen) atoms. The molecule has 3 atom stereocenters. The number of ether oxygens (including phenoxy) is 4. The van der Waals surface area contributed by atoms with E-state index < -0.39 is 21.4 Å². The van der Waals surface area contributed by atoms with Crippen molar-refractivity contribution in [3.8, 4) is 17.4 Å². The summed E-state index contributed by atoms with van der Waals surface area (Å²) in [7, 11) is -1.28. The first-order valence-corrected chi connectivity index (χ1v) is 13.8. The molecule has 0 saturated carbocycles. The van der Waals surface area contributed by atoms with Crippen LogP contribution in [-0.2, 0) is 19.5 Å². The maximum absolute atomic E-state index is 13.7. The molecule has 0 amide bonds. The zero-order chi connectivity index (χ0) is 27.3. The maximum Gasteiger partial charge on any atom is 0.245 e. The van der Waals surface area contributed by atoms with Crippen molar-refractivity contribution >= 4 is 27.6 Å². The molecule has 0 unspecified atom stereocenters. The summed E-state index contributed by atoms with van der Waals surface area (Å²) in [5, 5.41) is 7.66. The molecule has 16 heteroatoms. The molecule has 0 bridgehead atoms. The van der Waals surface area contributed by atoms with Crippen molar-refractivity contribution in [2.45, 2.75) is 44.0 Å². The zero-order valence-corrected chi connectivity index (χ0v) is 22.9. The first kappa shape index (κ1) is 27.9. The Morgan fingerprint density at radius 1 is 1.16 bits per heavy atom. The minimum atomic E-state index is -4.15. The second-order valence-electron chi connectivity index (χ2n) is 8.42. The normalized spacial score (nSPS) is 17.2. The molecule has 206 valence electrons. The van der Waals surface area contributed by atoms with E-state index in [-0.39, 0.29) is 35.1 Å². The third-order valence-corrected chi connectivity index (χ3v) is 7.78. The Hall–Kier alpha value is -3.14. The van der Waals surface area contributed by atoms with E-state index in [0.29, 0.717) is 43.5 Å². The third-order valence-electron chi connectivity index (χ3n) is 5.89. The van der Waals surface area contributed by atoms with Crippen LogP contribution in [0.1, 0.15) is 50.4 Å². The van der Waals surface area contributed by atoms with Gasteiger partial charge in [0, 0.05) is 31.5 Å². The molecule has 3 aromatic rings. The summed E-state index contributed by atoms with van der Waals surface area (Å²) < 4.78 is 53.7. The van der Waals surface area contributed by atoms with Crippen molar-refractivity contribution in [1.82, 2.24) is 34.7 Å². The van der Waals surface area contributed by atoms with E-state index in [1.165, 1.54) is 44.4 Å². The van der Waals surface area contributed by atoms with Gasteiger partial charge in [-0.1, -0.05) is 18.5 Å². The van der Waals surface area contributed by atoms with Crippen LogP contribution in [0, 0.1) is 0 Å². The second-order valence-corrected chi connectivity index (χ2v) is 10.9. The van der Waals surface area contributed by atoms with Crippen LogP contribution in [-0.4, -0.2) is 82.4 Å².